The summed E-state index contributed by atoms with van der Waals surface area (Å²) in [6.07, 6.45) is 1.42. The van der Waals surface area contributed by atoms with Crippen LogP contribution in [-0.2, 0) is 10.0 Å². The summed E-state index contributed by atoms with van der Waals surface area (Å²) in [6.45, 7) is 1.81. The van der Waals surface area contributed by atoms with Gasteiger partial charge in [-0.2, -0.15) is 5.26 Å². The van der Waals surface area contributed by atoms with Gasteiger partial charge < -0.3 is 4.74 Å². The molecule has 0 aliphatic heterocycles. The van der Waals surface area contributed by atoms with Crippen molar-refractivity contribution in [1.29, 1.82) is 5.26 Å². The molecule has 0 saturated carbocycles. The van der Waals surface area contributed by atoms with E-state index in [2.05, 4.69) is 4.72 Å². The molecule has 5 nitrogen and oxygen atoms in total. The zero-order valence-corrected chi connectivity index (χ0v) is 11.0. The molecular formula is C12H16N2O3S. The Morgan fingerprint density at radius 1 is 1.39 bits per heavy atom. The SMILES string of the molecule is CCCCS(=O)(=O)Nc1ccccc1OCC#N. The van der Waals surface area contributed by atoms with E-state index in [4.69, 9.17) is 10.00 Å². The van der Waals surface area contributed by atoms with Crippen molar-refractivity contribution in [2.45, 2.75) is 19.8 Å². The first-order valence-corrected chi connectivity index (χ1v) is 7.33. The van der Waals surface area contributed by atoms with Crippen molar-refractivity contribution >= 4 is 15.7 Å². The summed E-state index contributed by atoms with van der Waals surface area (Å²) in [5.74, 6) is 0.440. The minimum Gasteiger partial charge on any atom is -0.477 e. The molecule has 0 saturated heterocycles. The fourth-order valence-electron chi connectivity index (χ4n) is 1.34. The molecule has 1 aromatic carbocycles. The molecule has 0 atom stereocenters. The van der Waals surface area contributed by atoms with Crippen LogP contribution in [-0.4, -0.2) is 20.8 Å². The number of para-hydroxylation sites is 2. The highest BCUT2D eigenvalue weighted by molar-refractivity contribution is 7.92. The summed E-state index contributed by atoms with van der Waals surface area (Å²) >= 11 is 0. The minimum absolute atomic E-state index is 0.0794. The van der Waals surface area contributed by atoms with Crippen LogP contribution in [0.3, 0.4) is 0 Å². The van der Waals surface area contributed by atoms with E-state index in [0.717, 1.165) is 6.42 Å². The van der Waals surface area contributed by atoms with E-state index in [9.17, 15) is 8.42 Å². The number of hydrogen-bond donors (Lipinski definition) is 1. The van der Waals surface area contributed by atoms with E-state index in [1.807, 2.05) is 13.0 Å². The van der Waals surface area contributed by atoms with Crippen molar-refractivity contribution in [3.05, 3.63) is 24.3 Å². The largest absolute Gasteiger partial charge is 0.477 e. The van der Waals surface area contributed by atoms with Gasteiger partial charge in [-0.25, -0.2) is 8.42 Å². The number of nitrogens with one attached hydrogen (secondary N) is 1. The minimum atomic E-state index is -3.36. The molecule has 18 heavy (non-hydrogen) atoms. The Balaban J connectivity index is 2.80. The van der Waals surface area contributed by atoms with Gasteiger partial charge in [0, 0.05) is 0 Å². The number of ether oxygens (including phenoxy) is 1. The van der Waals surface area contributed by atoms with Crippen LogP contribution < -0.4 is 9.46 Å². The van der Waals surface area contributed by atoms with Gasteiger partial charge in [0.25, 0.3) is 0 Å². The first kappa shape index (κ1) is 14.3. The summed E-state index contributed by atoms with van der Waals surface area (Å²) in [5.41, 5.74) is 0.365. The summed E-state index contributed by atoms with van der Waals surface area (Å²) < 4.78 is 31.1. The maximum absolute atomic E-state index is 11.8. The van der Waals surface area contributed by atoms with E-state index in [-0.39, 0.29) is 12.4 Å². The topological polar surface area (TPSA) is 79.2 Å². The van der Waals surface area contributed by atoms with Gasteiger partial charge in [-0.05, 0) is 18.6 Å². The van der Waals surface area contributed by atoms with Crippen LogP contribution in [0.25, 0.3) is 0 Å². The Hall–Kier alpha value is -1.74. The van der Waals surface area contributed by atoms with Crippen LogP contribution in [0.2, 0.25) is 0 Å². The third kappa shape index (κ3) is 4.63. The Bertz CT molecular complexity index is 520. The maximum Gasteiger partial charge on any atom is 0.232 e. The summed E-state index contributed by atoms with van der Waals surface area (Å²) in [4.78, 5) is 0. The van der Waals surface area contributed by atoms with Crippen molar-refractivity contribution in [3.63, 3.8) is 0 Å². The Morgan fingerprint density at radius 3 is 2.78 bits per heavy atom. The number of rotatable bonds is 7. The summed E-state index contributed by atoms with van der Waals surface area (Å²) in [6, 6.07) is 8.49. The Morgan fingerprint density at radius 2 is 2.11 bits per heavy atom. The standard InChI is InChI=1S/C12H16N2O3S/c1-2-3-10-18(15,16)14-11-6-4-5-7-12(11)17-9-8-13/h4-7,14H,2-3,9-10H2,1H3. The predicted molar refractivity (Wildman–Crippen MR) is 69.9 cm³/mol. The lowest BCUT2D eigenvalue weighted by atomic mass is 10.3. The molecule has 6 heteroatoms. The van der Waals surface area contributed by atoms with Gasteiger partial charge in [-0.3, -0.25) is 4.72 Å². The van der Waals surface area contributed by atoms with E-state index >= 15 is 0 Å². The van der Waals surface area contributed by atoms with Gasteiger partial charge in [-0.1, -0.05) is 25.5 Å². The number of nitrogens with zero attached hydrogens (tertiary/aromatic N) is 1. The molecule has 0 bridgehead atoms. The molecule has 98 valence electrons. The lowest BCUT2D eigenvalue weighted by Gasteiger charge is -2.11. The molecule has 0 aliphatic carbocycles. The lowest BCUT2D eigenvalue weighted by Crippen LogP contribution is -2.17. The van der Waals surface area contributed by atoms with E-state index in [1.54, 1.807) is 24.3 Å². The third-order valence-corrected chi connectivity index (χ3v) is 3.57. The monoisotopic (exact) mass is 268 g/mol. The lowest BCUT2D eigenvalue weighted by molar-refractivity contribution is 0.370. The van der Waals surface area contributed by atoms with Crippen molar-refractivity contribution < 1.29 is 13.2 Å². The highest BCUT2D eigenvalue weighted by atomic mass is 32.2. The number of sulfonamides is 1. The van der Waals surface area contributed by atoms with Gasteiger partial charge in [0.15, 0.2) is 6.61 Å². The van der Waals surface area contributed by atoms with Gasteiger partial charge in [0.1, 0.15) is 11.8 Å². The molecule has 0 fully saturated rings. The van der Waals surface area contributed by atoms with Gasteiger partial charge >= 0.3 is 0 Å². The molecule has 0 aromatic heterocycles. The molecule has 0 amide bonds. The molecule has 0 radical (unpaired) electrons. The maximum atomic E-state index is 11.8. The molecule has 1 rings (SSSR count). The van der Waals surface area contributed by atoms with Crippen molar-refractivity contribution in [3.8, 4) is 11.8 Å². The second-order valence-corrected chi connectivity index (χ2v) is 5.56. The van der Waals surface area contributed by atoms with Crippen molar-refractivity contribution in [2.75, 3.05) is 17.1 Å². The zero-order chi connectivity index (χ0) is 13.4. The molecule has 0 unspecified atom stereocenters. The van der Waals surface area contributed by atoms with Crippen LogP contribution in [0, 0.1) is 11.3 Å². The number of unbranched alkanes of at least 4 members (excludes halogenated alkanes) is 1. The van der Waals surface area contributed by atoms with Gasteiger partial charge in [-0.15, -0.1) is 0 Å². The predicted octanol–water partition coefficient (Wildman–Crippen LogP) is 2.13. The molecule has 0 heterocycles. The second kappa shape index (κ2) is 6.87. The fourth-order valence-corrected chi connectivity index (χ4v) is 2.61. The Kier molecular flexibility index (Phi) is 5.46. The van der Waals surface area contributed by atoms with E-state index in [1.165, 1.54) is 0 Å². The van der Waals surface area contributed by atoms with E-state index < -0.39 is 10.0 Å². The summed E-state index contributed by atoms with van der Waals surface area (Å²) in [7, 11) is -3.36. The second-order valence-electron chi connectivity index (χ2n) is 3.72. The molecule has 1 aromatic rings. The third-order valence-electron chi connectivity index (χ3n) is 2.21. The first-order chi connectivity index (χ1) is 8.59. The van der Waals surface area contributed by atoms with Crippen LogP contribution in [0.1, 0.15) is 19.8 Å². The number of hydrogen-bond acceptors (Lipinski definition) is 4. The molecule has 1 N–H and O–H groups in total. The van der Waals surface area contributed by atoms with Crippen molar-refractivity contribution in [1.82, 2.24) is 0 Å². The Labute approximate surface area is 107 Å². The van der Waals surface area contributed by atoms with E-state index in [0.29, 0.717) is 17.9 Å². The molecule has 0 spiro atoms. The van der Waals surface area contributed by atoms with Crippen LogP contribution in [0.4, 0.5) is 5.69 Å². The number of nitriles is 1. The normalized spacial score (nSPS) is 10.7. The summed E-state index contributed by atoms with van der Waals surface area (Å²) in [5, 5.41) is 8.45. The van der Waals surface area contributed by atoms with Gasteiger partial charge in [0.2, 0.25) is 10.0 Å². The number of benzene rings is 1. The first-order valence-electron chi connectivity index (χ1n) is 5.68. The van der Waals surface area contributed by atoms with Gasteiger partial charge in [0.05, 0.1) is 11.4 Å². The number of anilines is 1. The van der Waals surface area contributed by atoms with Crippen molar-refractivity contribution in [2.24, 2.45) is 0 Å². The quantitative estimate of drug-likeness (QED) is 0.821. The highest BCUT2D eigenvalue weighted by Gasteiger charge is 2.12. The smallest absolute Gasteiger partial charge is 0.232 e. The molecule has 0 aliphatic rings. The average Bonchev–Trinajstić information content (AvgIpc) is 2.35. The zero-order valence-electron chi connectivity index (χ0n) is 10.2. The average molecular weight is 268 g/mol. The van der Waals surface area contributed by atoms with Crippen LogP contribution in [0.15, 0.2) is 24.3 Å². The molecular weight excluding hydrogens is 252 g/mol. The van der Waals surface area contributed by atoms with Crippen LogP contribution >= 0.6 is 0 Å². The highest BCUT2D eigenvalue weighted by Crippen LogP contribution is 2.24. The fraction of sp³-hybridized carbons (Fsp3) is 0.417. The van der Waals surface area contributed by atoms with Crippen LogP contribution in [0.5, 0.6) is 5.75 Å².